The molecule has 1 saturated heterocycles. The van der Waals surface area contributed by atoms with E-state index in [2.05, 4.69) is 20.4 Å². The summed E-state index contributed by atoms with van der Waals surface area (Å²) in [6.07, 6.45) is 3.58. The number of halogens is 1. The fraction of sp³-hybridized carbons (Fsp3) is 0.300. The van der Waals surface area contributed by atoms with Gasteiger partial charge in [-0.2, -0.15) is 4.98 Å². The molecule has 0 bridgehead atoms. The third kappa shape index (κ3) is 5.14. The van der Waals surface area contributed by atoms with Crippen LogP contribution in [0.4, 0.5) is 0 Å². The zero-order valence-corrected chi connectivity index (χ0v) is 17.6. The fourth-order valence-corrected chi connectivity index (χ4v) is 3.96. The van der Waals surface area contributed by atoms with Crippen molar-refractivity contribution in [1.82, 2.24) is 25.3 Å². The average Bonchev–Trinajstić information content (AvgIpc) is 3.18. The summed E-state index contributed by atoms with van der Waals surface area (Å²) in [5.41, 5.74) is 1.74. The monoisotopic (exact) mass is 431 g/mol. The molecule has 1 aliphatic rings. The number of piperazine rings is 1. The molecule has 0 spiro atoms. The van der Waals surface area contributed by atoms with Crippen molar-refractivity contribution in [3.8, 4) is 0 Å². The maximum Gasteiger partial charge on any atom is 0.254 e. The molecule has 0 saturated carbocycles. The molecule has 9 heteroatoms. The van der Waals surface area contributed by atoms with Crippen LogP contribution in [0.25, 0.3) is 0 Å². The van der Waals surface area contributed by atoms with Gasteiger partial charge in [0, 0.05) is 42.5 Å². The summed E-state index contributed by atoms with van der Waals surface area (Å²) < 4.78 is 5.13. The van der Waals surface area contributed by atoms with Crippen molar-refractivity contribution < 1.29 is 9.32 Å². The Morgan fingerprint density at radius 1 is 1.31 bits per heavy atom. The van der Waals surface area contributed by atoms with Gasteiger partial charge in [-0.25, -0.2) is 0 Å². The highest BCUT2D eigenvalue weighted by Gasteiger charge is 2.28. The molecule has 1 fully saturated rings. The second kappa shape index (κ2) is 9.87. The molecule has 1 atom stereocenters. The quantitative estimate of drug-likeness (QED) is 0.620. The average molecular weight is 432 g/mol. The van der Waals surface area contributed by atoms with E-state index in [0.29, 0.717) is 29.6 Å². The van der Waals surface area contributed by atoms with Crippen molar-refractivity contribution in [1.29, 1.82) is 0 Å². The number of thioether (sulfide) groups is 1. The number of nitrogens with zero attached hydrogens (tertiary/aromatic N) is 4. The van der Waals surface area contributed by atoms with Crippen LogP contribution in [-0.2, 0) is 5.75 Å². The molecule has 7 nitrogen and oxygen atoms in total. The Hall–Kier alpha value is -2.42. The summed E-state index contributed by atoms with van der Waals surface area (Å²) in [6.45, 7) is 3.99. The van der Waals surface area contributed by atoms with Gasteiger partial charge in [-0.15, -0.1) is 24.2 Å². The number of nitrogens with one attached hydrogen (secondary N) is 1. The number of aryl methyl sites for hydroxylation is 1. The van der Waals surface area contributed by atoms with Crippen molar-refractivity contribution >= 4 is 30.1 Å². The molecule has 1 unspecified atom stereocenters. The van der Waals surface area contributed by atoms with Crippen LogP contribution in [0.1, 0.15) is 33.7 Å². The Balaban J connectivity index is 0.00000240. The maximum absolute atomic E-state index is 13.1. The van der Waals surface area contributed by atoms with Crippen LogP contribution in [0.5, 0.6) is 0 Å². The molecular formula is C20H22ClN5O2S. The Kier molecular flexibility index (Phi) is 7.24. The molecule has 3 aromatic rings. The van der Waals surface area contributed by atoms with Gasteiger partial charge >= 0.3 is 0 Å². The lowest BCUT2D eigenvalue weighted by Crippen LogP contribution is -2.48. The van der Waals surface area contributed by atoms with Crippen LogP contribution < -0.4 is 5.32 Å². The summed E-state index contributed by atoms with van der Waals surface area (Å²) >= 11 is 1.60. The predicted molar refractivity (Wildman–Crippen MR) is 113 cm³/mol. The van der Waals surface area contributed by atoms with E-state index in [9.17, 15) is 4.79 Å². The number of carbonyl (C=O) groups is 1. The number of aromatic nitrogens is 3. The lowest BCUT2D eigenvalue weighted by Gasteiger charge is -2.36. The molecule has 1 aromatic carbocycles. The van der Waals surface area contributed by atoms with Gasteiger partial charge in [0.25, 0.3) is 5.91 Å². The van der Waals surface area contributed by atoms with Crippen LogP contribution in [0.3, 0.4) is 0 Å². The van der Waals surface area contributed by atoms with E-state index in [1.54, 1.807) is 24.9 Å². The molecule has 0 aliphatic carbocycles. The summed E-state index contributed by atoms with van der Waals surface area (Å²) in [7, 11) is 0. The van der Waals surface area contributed by atoms with E-state index in [0.717, 1.165) is 23.5 Å². The van der Waals surface area contributed by atoms with Gasteiger partial charge in [0.05, 0.1) is 11.8 Å². The highest BCUT2D eigenvalue weighted by atomic mass is 35.5. The highest BCUT2D eigenvalue weighted by Crippen LogP contribution is 2.26. The summed E-state index contributed by atoms with van der Waals surface area (Å²) in [4.78, 5) is 24.5. The first kappa shape index (κ1) is 21.3. The van der Waals surface area contributed by atoms with E-state index in [1.165, 1.54) is 0 Å². The second-order valence-electron chi connectivity index (χ2n) is 6.55. The minimum atomic E-state index is -0.00947. The largest absolute Gasteiger partial charge is 0.338 e. The van der Waals surface area contributed by atoms with Gasteiger partial charge in [0.1, 0.15) is 0 Å². The highest BCUT2D eigenvalue weighted by molar-refractivity contribution is 7.98. The van der Waals surface area contributed by atoms with Gasteiger partial charge in [-0.1, -0.05) is 11.2 Å². The summed E-state index contributed by atoms with van der Waals surface area (Å²) in [5.74, 6) is 1.88. The minimum absolute atomic E-state index is 0. The number of amides is 1. The van der Waals surface area contributed by atoms with E-state index < -0.39 is 0 Å². The van der Waals surface area contributed by atoms with Crippen LogP contribution in [0.15, 0.2) is 58.2 Å². The van der Waals surface area contributed by atoms with Crippen LogP contribution >= 0.6 is 24.2 Å². The molecule has 1 N–H and O–H groups in total. The van der Waals surface area contributed by atoms with Crippen molar-refractivity contribution in [3.63, 3.8) is 0 Å². The van der Waals surface area contributed by atoms with Crippen molar-refractivity contribution in [2.24, 2.45) is 0 Å². The van der Waals surface area contributed by atoms with E-state index in [4.69, 9.17) is 4.52 Å². The third-order valence-corrected chi connectivity index (χ3v) is 5.60. The molecule has 29 heavy (non-hydrogen) atoms. The molecule has 4 rings (SSSR count). The molecule has 2 aromatic heterocycles. The fourth-order valence-electron chi connectivity index (χ4n) is 3.22. The van der Waals surface area contributed by atoms with Gasteiger partial charge in [-0.05, 0) is 42.8 Å². The molecule has 0 radical (unpaired) electrons. The van der Waals surface area contributed by atoms with E-state index in [1.807, 2.05) is 47.5 Å². The predicted octanol–water partition coefficient (Wildman–Crippen LogP) is 3.27. The third-order valence-electron chi connectivity index (χ3n) is 4.61. The van der Waals surface area contributed by atoms with Gasteiger partial charge in [0.15, 0.2) is 5.82 Å². The van der Waals surface area contributed by atoms with Gasteiger partial charge in [-0.3, -0.25) is 9.78 Å². The van der Waals surface area contributed by atoms with E-state index in [-0.39, 0.29) is 24.4 Å². The number of pyridine rings is 1. The number of hydrogen-bond donors (Lipinski definition) is 1. The smallest absolute Gasteiger partial charge is 0.254 e. The topological polar surface area (TPSA) is 84.2 Å². The van der Waals surface area contributed by atoms with Crippen LogP contribution in [0.2, 0.25) is 0 Å². The molecule has 1 aliphatic heterocycles. The summed E-state index contributed by atoms with van der Waals surface area (Å²) in [5, 5.41) is 7.16. The Bertz CT molecular complexity index is 936. The minimum Gasteiger partial charge on any atom is -0.338 e. The maximum atomic E-state index is 13.1. The first-order chi connectivity index (χ1) is 13.7. The Morgan fingerprint density at radius 3 is 2.83 bits per heavy atom. The lowest BCUT2D eigenvalue weighted by atomic mass is 10.0. The van der Waals surface area contributed by atoms with Gasteiger partial charge < -0.3 is 14.7 Å². The molecule has 1 amide bonds. The SMILES string of the molecule is Cc1noc(CSc2ccc(C(=O)N3CCNCC3c3cccnc3)cc2)n1.Cl. The zero-order chi connectivity index (χ0) is 19.3. The number of carbonyl (C=O) groups excluding carboxylic acids is 1. The second-order valence-corrected chi connectivity index (χ2v) is 7.60. The lowest BCUT2D eigenvalue weighted by molar-refractivity contribution is 0.0634. The van der Waals surface area contributed by atoms with Crippen LogP contribution in [-0.4, -0.2) is 45.6 Å². The van der Waals surface area contributed by atoms with Crippen LogP contribution in [0, 0.1) is 6.92 Å². The Labute approximate surface area is 179 Å². The molecule has 152 valence electrons. The Morgan fingerprint density at radius 2 is 2.14 bits per heavy atom. The number of hydrogen-bond acceptors (Lipinski definition) is 7. The number of rotatable bonds is 5. The first-order valence-electron chi connectivity index (χ1n) is 9.14. The molecule has 3 heterocycles. The molecular weight excluding hydrogens is 410 g/mol. The number of benzene rings is 1. The van der Waals surface area contributed by atoms with Crippen molar-refractivity contribution in [2.75, 3.05) is 19.6 Å². The summed E-state index contributed by atoms with van der Waals surface area (Å²) in [6, 6.07) is 11.6. The normalized spacial score (nSPS) is 16.3. The first-order valence-corrected chi connectivity index (χ1v) is 10.1. The van der Waals surface area contributed by atoms with Crippen molar-refractivity contribution in [3.05, 3.63) is 71.6 Å². The standard InChI is InChI=1S/C20H21N5O2S.ClH/c1-14-23-19(27-24-14)13-28-17-6-4-15(5-7-17)20(26)25-10-9-22-12-18(25)16-3-2-8-21-11-16;/h2-8,11,18,22H,9-10,12-13H2,1H3;1H. The van der Waals surface area contributed by atoms with Crippen molar-refractivity contribution in [2.45, 2.75) is 23.6 Å². The van der Waals surface area contributed by atoms with E-state index >= 15 is 0 Å². The van der Waals surface area contributed by atoms with Gasteiger partial charge in [0.2, 0.25) is 5.89 Å². The zero-order valence-electron chi connectivity index (χ0n) is 15.9.